The summed E-state index contributed by atoms with van der Waals surface area (Å²) in [7, 11) is 1.70. The van der Waals surface area contributed by atoms with Crippen molar-refractivity contribution in [2.75, 3.05) is 13.7 Å². The Balaban J connectivity index is 1.70. The predicted octanol–water partition coefficient (Wildman–Crippen LogP) is 2.21. The molecule has 0 amide bonds. The molecule has 2 heteroatoms. The molecule has 0 aromatic carbocycles. The zero-order chi connectivity index (χ0) is 9.97. The molecule has 2 fully saturated rings. The highest BCUT2D eigenvalue weighted by Gasteiger charge is 2.39. The minimum atomic E-state index is -0.126. The summed E-state index contributed by atoms with van der Waals surface area (Å²) in [5, 5.41) is 9.79. The van der Waals surface area contributed by atoms with Gasteiger partial charge in [0.1, 0.15) is 0 Å². The van der Waals surface area contributed by atoms with Gasteiger partial charge in [-0.05, 0) is 49.9 Å². The second kappa shape index (κ2) is 4.63. The Morgan fingerprint density at radius 1 is 1.36 bits per heavy atom. The van der Waals surface area contributed by atoms with Gasteiger partial charge in [0.05, 0.1) is 6.10 Å². The number of hydrogen-bond donors (Lipinski definition) is 1. The molecular weight excluding hydrogens is 176 g/mol. The fraction of sp³-hybridized carbons (Fsp3) is 1.00. The lowest BCUT2D eigenvalue weighted by Gasteiger charge is -2.23. The van der Waals surface area contributed by atoms with Crippen molar-refractivity contribution in [3.63, 3.8) is 0 Å². The normalized spacial score (nSPS) is 37.7. The van der Waals surface area contributed by atoms with Gasteiger partial charge in [0.25, 0.3) is 0 Å². The first-order chi connectivity index (χ1) is 6.79. The molecule has 0 saturated heterocycles. The zero-order valence-electron chi connectivity index (χ0n) is 9.11. The molecule has 1 N–H and O–H groups in total. The molecule has 0 spiro atoms. The first kappa shape index (κ1) is 10.4. The third-order valence-corrected chi connectivity index (χ3v) is 4.11. The average Bonchev–Trinajstić information content (AvgIpc) is 2.76. The minimum Gasteiger partial charge on any atom is -0.393 e. The molecule has 14 heavy (non-hydrogen) atoms. The summed E-state index contributed by atoms with van der Waals surface area (Å²) < 4.78 is 4.98. The van der Waals surface area contributed by atoms with Gasteiger partial charge in [0, 0.05) is 13.7 Å². The average molecular weight is 198 g/mol. The summed E-state index contributed by atoms with van der Waals surface area (Å²) in [5.74, 6) is 2.76. The van der Waals surface area contributed by atoms with E-state index in [4.69, 9.17) is 4.74 Å². The van der Waals surface area contributed by atoms with E-state index in [1.54, 1.807) is 7.11 Å². The first-order valence-electron chi connectivity index (χ1n) is 5.96. The molecule has 0 aromatic heterocycles. The highest BCUT2D eigenvalue weighted by molar-refractivity contribution is 4.90. The zero-order valence-corrected chi connectivity index (χ0v) is 9.11. The molecule has 2 rings (SSSR count). The molecule has 2 aliphatic carbocycles. The second-order valence-electron chi connectivity index (χ2n) is 5.11. The lowest BCUT2D eigenvalue weighted by Crippen LogP contribution is -2.19. The van der Waals surface area contributed by atoms with E-state index in [0.717, 1.165) is 30.6 Å². The first-order valence-corrected chi connectivity index (χ1v) is 5.96. The molecular formula is C12H22O2. The van der Waals surface area contributed by atoms with Crippen LogP contribution in [0.15, 0.2) is 0 Å². The third-order valence-electron chi connectivity index (χ3n) is 4.11. The molecule has 2 aliphatic rings. The fourth-order valence-electron chi connectivity index (χ4n) is 3.39. The van der Waals surface area contributed by atoms with Gasteiger partial charge in [-0.1, -0.05) is 6.42 Å². The quantitative estimate of drug-likeness (QED) is 0.734. The van der Waals surface area contributed by atoms with Gasteiger partial charge < -0.3 is 9.84 Å². The Hall–Kier alpha value is -0.0800. The van der Waals surface area contributed by atoms with Crippen molar-refractivity contribution >= 4 is 0 Å². The Labute approximate surface area is 86.6 Å². The summed E-state index contributed by atoms with van der Waals surface area (Å²) in [6, 6.07) is 0. The molecule has 0 aliphatic heterocycles. The molecule has 2 nitrogen and oxygen atoms in total. The van der Waals surface area contributed by atoms with E-state index in [-0.39, 0.29) is 6.10 Å². The SMILES string of the molecule is COCCC(O)CC1CC2CCC1C2. The van der Waals surface area contributed by atoms with E-state index >= 15 is 0 Å². The van der Waals surface area contributed by atoms with Crippen LogP contribution in [-0.4, -0.2) is 24.9 Å². The summed E-state index contributed by atoms with van der Waals surface area (Å²) in [6.07, 6.45) is 7.41. The Kier molecular flexibility index (Phi) is 3.45. The van der Waals surface area contributed by atoms with Gasteiger partial charge in [-0.2, -0.15) is 0 Å². The maximum atomic E-state index is 9.79. The Morgan fingerprint density at radius 2 is 2.21 bits per heavy atom. The lowest BCUT2D eigenvalue weighted by atomic mass is 9.84. The molecule has 4 unspecified atom stereocenters. The summed E-state index contributed by atoms with van der Waals surface area (Å²) >= 11 is 0. The second-order valence-corrected chi connectivity index (χ2v) is 5.11. The minimum absolute atomic E-state index is 0.126. The topological polar surface area (TPSA) is 29.5 Å². The number of fused-ring (bicyclic) bond motifs is 2. The standard InChI is InChI=1S/C12H22O2/c1-14-5-4-12(13)8-11-7-9-2-3-10(11)6-9/h9-13H,2-8H2,1H3. The van der Waals surface area contributed by atoms with Gasteiger partial charge in [0.15, 0.2) is 0 Å². The maximum Gasteiger partial charge on any atom is 0.0565 e. The van der Waals surface area contributed by atoms with Crippen molar-refractivity contribution in [1.29, 1.82) is 0 Å². The summed E-state index contributed by atoms with van der Waals surface area (Å²) in [4.78, 5) is 0. The number of hydrogen-bond acceptors (Lipinski definition) is 2. The molecule has 0 aromatic rings. The smallest absolute Gasteiger partial charge is 0.0565 e. The summed E-state index contributed by atoms with van der Waals surface area (Å²) in [6.45, 7) is 0.696. The van der Waals surface area contributed by atoms with Crippen LogP contribution in [0.4, 0.5) is 0 Å². The number of aliphatic hydroxyl groups is 1. The van der Waals surface area contributed by atoms with Gasteiger partial charge in [0.2, 0.25) is 0 Å². The van der Waals surface area contributed by atoms with Crippen molar-refractivity contribution in [2.24, 2.45) is 17.8 Å². The highest BCUT2D eigenvalue weighted by Crippen LogP contribution is 2.49. The van der Waals surface area contributed by atoms with Crippen LogP contribution in [-0.2, 0) is 4.74 Å². The molecule has 4 atom stereocenters. The van der Waals surface area contributed by atoms with E-state index in [0.29, 0.717) is 6.61 Å². The molecule has 0 radical (unpaired) electrons. The van der Waals surface area contributed by atoms with Crippen LogP contribution in [0.5, 0.6) is 0 Å². The van der Waals surface area contributed by atoms with E-state index in [9.17, 15) is 5.11 Å². The van der Waals surface area contributed by atoms with Crippen molar-refractivity contribution in [1.82, 2.24) is 0 Å². The van der Waals surface area contributed by atoms with E-state index < -0.39 is 0 Å². The molecule has 0 heterocycles. The maximum absolute atomic E-state index is 9.79. The van der Waals surface area contributed by atoms with Gasteiger partial charge in [-0.3, -0.25) is 0 Å². The number of ether oxygens (including phenoxy) is 1. The third kappa shape index (κ3) is 2.29. The highest BCUT2D eigenvalue weighted by atomic mass is 16.5. The van der Waals surface area contributed by atoms with E-state index in [1.807, 2.05) is 0 Å². The van der Waals surface area contributed by atoms with Crippen molar-refractivity contribution < 1.29 is 9.84 Å². The monoisotopic (exact) mass is 198 g/mol. The number of aliphatic hydroxyl groups excluding tert-OH is 1. The van der Waals surface area contributed by atoms with Crippen LogP contribution in [0, 0.1) is 17.8 Å². The van der Waals surface area contributed by atoms with Gasteiger partial charge in [-0.15, -0.1) is 0 Å². The number of methoxy groups -OCH3 is 1. The van der Waals surface area contributed by atoms with Crippen molar-refractivity contribution in [3.8, 4) is 0 Å². The Bertz CT molecular complexity index is 181. The van der Waals surface area contributed by atoms with Gasteiger partial charge in [-0.25, -0.2) is 0 Å². The molecule has 2 saturated carbocycles. The van der Waals surface area contributed by atoms with Crippen LogP contribution in [0.25, 0.3) is 0 Å². The van der Waals surface area contributed by atoms with E-state index in [2.05, 4.69) is 0 Å². The van der Waals surface area contributed by atoms with Crippen LogP contribution < -0.4 is 0 Å². The van der Waals surface area contributed by atoms with Crippen LogP contribution in [0.3, 0.4) is 0 Å². The van der Waals surface area contributed by atoms with Gasteiger partial charge >= 0.3 is 0 Å². The largest absolute Gasteiger partial charge is 0.393 e. The van der Waals surface area contributed by atoms with Crippen LogP contribution in [0.1, 0.15) is 38.5 Å². The molecule has 2 bridgehead atoms. The predicted molar refractivity (Wildman–Crippen MR) is 56.1 cm³/mol. The molecule has 82 valence electrons. The van der Waals surface area contributed by atoms with E-state index in [1.165, 1.54) is 25.7 Å². The fourth-order valence-corrected chi connectivity index (χ4v) is 3.39. The lowest BCUT2D eigenvalue weighted by molar-refractivity contribution is 0.0820. The van der Waals surface area contributed by atoms with Crippen molar-refractivity contribution in [2.45, 2.75) is 44.6 Å². The van der Waals surface area contributed by atoms with Crippen LogP contribution >= 0.6 is 0 Å². The Morgan fingerprint density at radius 3 is 2.79 bits per heavy atom. The summed E-state index contributed by atoms with van der Waals surface area (Å²) in [5.41, 5.74) is 0. The van der Waals surface area contributed by atoms with Crippen LogP contribution in [0.2, 0.25) is 0 Å². The van der Waals surface area contributed by atoms with Crippen molar-refractivity contribution in [3.05, 3.63) is 0 Å². The number of rotatable bonds is 5.